The molecule has 0 spiro atoms. The van der Waals surface area contributed by atoms with Crippen LogP contribution in [0.25, 0.3) is 5.57 Å². The molecule has 0 aliphatic carbocycles. The molecule has 23 heavy (non-hydrogen) atoms. The minimum Gasteiger partial charge on any atom is -0.288 e. The average molecular weight is 304 g/mol. The molecule has 2 aromatic carbocycles. The van der Waals surface area contributed by atoms with Gasteiger partial charge in [0.2, 0.25) is 5.78 Å². The van der Waals surface area contributed by atoms with E-state index in [2.05, 4.69) is 5.10 Å². The van der Waals surface area contributed by atoms with Gasteiger partial charge in [0.05, 0.1) is 12.8 Å². The lowest BCUT2D eigenvalue weighted by atomic mass is 9.98. The van der Waals surface area contributed by atoms with Crippen LogP contribution in [0.4, 0.5) is 0 Å². The summed E-state index contributed by atoms with van der Waals surface area (Å²) in [7, 11) is 0. The zero-order chi connectivity index (χ0) is 16.2. The first-order valence-electron chi connectivity index (χ1n) is 7.37. The molecule has 1 heterocycles. The van der Waals surface area contributed by atoms with Gasteiger partial charge in [-0.25, -0.2) is 5.01 Å². The fourth-order valence-electron chi connectivity index (χ4n) is 2.48. The maximum atomic E-state index is 12.6. The van der Waals surface area contributed by atoms with E-state index < -0.39 is 0 Å². The van der Waals surface area contributed by atoms with E-state index in [0.29, 0.717) is 11.1 Å². The van der Waals surface area contributed by atoms with Gasteiger partial charge in [-0.05, 0) is 30.2 Å². The zero-order valence-corrected chi connectivity index (χ0v) is 12.8. The van der Waals surface area contributed by atoms with Gasteiger partial charge in [-0.3, -0.25) is 9.59 Å². The monoisotopic (exact) mass is 304 g/mol. The van der Waals surface area contributed by atoms with Gasteiger partial charge >= 0.3 is 0 Å². The zero-order valence-electron chi connectivity index (χ0n) is 12.8. The predicted octanol–water partition coefficient (Wildman–Crippen LogP) is 3.17. The van der Waals surface area contributed by atoms with Gasteiger partial charge < -0.3 is 0 Å². The number of hydrogen-bond acceptors (Lipinski definition) is 3. The Morgan fingerprint density at radius 2 is 1.61 bits per heavy atom. The molecule has 1 aliphatic heterocycles. The molecule has 4 nitrogen and oxygen atoms in total. The second kappa shape index (κ2) is 6.40. The maximum absolute atomic E-state index is 12.6. The Labute approximate surface area is 134 Å². The fourth-order valence-corrected chi connectivity index (χ4v) is 2.48. The van der Waals surface area contributed by atoms with Crippen LogP contribution in [0.15, 0.2) is 71.3 Å². The van der Waals surface area contributed by atoms with Gasteiger partial charge in [0, 0.05) is 11.1 Å². The third kappa shape index (κ3) is 3.11. The predicted molar refractivity (Wildman–Crippen MR) is 90.0 cm³/mol. The summed E-state index contributed by atoms with van der Waals surface area (Å²) in [5.74, 6) is -0.398. The number of nitrogens with zero attached hydrogens (tertiary/aromatic N) is 2. The molecule has 1 amide bonds. The molecule has 0 atom stereocenters. The van der Waals surface area contributed by atoms with Gasteiger partial charge in [0.25, 0.3) is 5.91 Å². The molecule has 0 saturated heterocycles. The molecule has 0 aromatic heterocycles. The Kier molecular flexibility index (Phi) is 4.15. The van der Waals surface area contributed by atoms with Crippen molar-refractivity contribution in [2.45, 2.75) is 6.92 Å². The number of amides is 1. The minimum absolute atomic E-state index is 0.174. The number of carbonyl (C=O) groups is 2. The topological polar surface area (TPSA) is 49.7 Å². The van der Waals surface area contributed by atoms with Crippen molar-refractivity contribution in [3.05, 3.63) is 77.4 Å². The van der Waals surface area contributed by atoms with Crippen molar-refractivity contribution in [1.29, 1.82) is 0 Å². The Morgan fingerprint density at radius 1 is 1.00 bits per heavy atom. The lowest BCUT2D eigenvalue weighted by Crippen LogP contribution is -2.27. The van der Waals surface area contributed by atoms with Crippen molar-refractivity contribution in [3.8, 4) is 0 Å². The SMILES string of the molecule is CC1=C(c2ccccc2)CN(C(=O)c2ccccc2)N=CC1=O. The number of Topliss-reactive ketones (excluding diaryl/α,β-unsaturated/α-hetero) is 1. The third-order valence-corrected chi connectivity index (χ3v) is 3.82. The van der Waals surface area contributed by atoms with Crippen molar-refractivity contribution >= 4 is 23.5 Å². The van der Waals surface area contributed by atoms with Crippen LogP contribution >= 0.6 is 0 Å². The molecule has 4 heteroatoms. The molecule has 0 unspecified atom stereocenters. The number of ketones is 1. The summed E-state index contributed by atoms with van der Waals surface area (Å²) in [6.45, 7) is 2.04. The minimum atomic E-state index is -0.224. The summed E-state index contributed by atoms with van der Waals surface area (Å²) in [6, 6.07) is 18.5. The highest BCUT2D eigenvalue weighted by atomic mass is 16.2. The summed E-state index contributed by atoms with van der Waals surface area (Å²) >= 11 is 0. The molecule has 1 aliphatic rings. The van der Waals surface area contributed by atoms with E-state index in [-0.39, 0.29) is 18.2 Å². The highest BCUT2D eigenvalue weighted by Gasteiger charge is 2.22. The van der Waals surface area contributed by atoms with Crippen LogP contribution in [0.3, 0.4) is 0 Å². The molecule has 3 rings (SSSR count). The molecule has 0 N–H and O–H groups in total. The van der Waals surface area contributed by atoms with Gasteiger partial charge in [-0.2, -0.15) is 5.10 Å². The third-order valence-electron chi connectivity index (χ3n) is 3.82. The molecule has 0 bridgehead atoms. The smallest absolute Gasteiger partial charge is 0.274 e. The van der Waals surface area contributed by atoms with E-state index in [4.69, 9.17) is 0 Å². The highest BCUT2D eigenvalue weighted by molar-refractivity contribution is 6.37. The van der Waals surface area contributed by atoms with Crippen molar-refractivity contribution in [2.24, 2.45) is 5.10 Å². The summed E-state index contributed by atoms with van der Waals surface area (Å²) in [4.78, 5) is 24.8. The van der Waals surface area contributed by atoms with Crippen molar-refractivity contribution < 1.29 is 9.59 Å². The second-order valence-electron chi connectivity index (χ2n) is 5.31. The van der Waals surface area contributed by atoms with E-state index in [0.717, 1.165) is 11.1 Å². The largest absolute Gasteiger partial charge is 0.288 e. The van der Waals surface area contributed by atoms with Crippen LogP contribution < -0.4 is 0 Å². The molecule has 0 saturated carbocycles. The Hall–Kier alpha value is -3.01. The number of benzene rings is 2. The van der Waals surface area contributed by atoms with Crippen LogP contribution in [0, 0.1) is 0 Å². The summed E-state index contributed by atoms with van der Waals surface area (Å²) < 4.78 is 0. The Morgan fingerprint density at radius 3 is 2.26 bits per heavy atom. The van der Waals surface area contributed by atoms with Crippen LogP contribution in [-0.2, 0) is 4.79 Å². The van der Waals surface area contributed by atoms with E-state index >= 15 is 0 Å². The fraction of sp³-hybridized carbons (Fsp3) is 0.105. The van der Waals surface area contributed by atoms with E-state index in [9.17, 15) is 9.59 Å². The first-order valence-corrected chi connectivity index (χ1v) is 7.37. The van der Waals surface area contributed by atoms with E-state index in [1.165, 1.54) is 11.2 Å². The first kappa shape index (κ1) is 14.9. The van der Waals surface area contributed by atoms with Gasteiger partial charge in [-0.1, -0.05) is 48.5 Å². The molecule has 0 radical (unpaired) electrons. The lowest BCUT2D eigenvalue weighted by Gasteiger charge is -2.18. The van der Waals surface area contributed by atoms with Crippen molar-refractivity contribution in [3.63, 3.8) is 0 Å². The molecular formula is C19H16N2O2. The van der Waals surface area contributed by atoms with E-state index in [1.54, 1.807) is 31.2 Å². The number of carbonyl (C=O) groups excluding carboxylic acids is 2. The second-order valence-corrected chi connectivity index (χ2v) is 5.31. The van der Waals surface area contributed by atoms with E-state index in [1.807, 2.05) is 36.4 Å². The first-order chi connectivity index (χ1) is 11.2. The number of hydrogen-bond donors (Lipinski definition) is 0. The standard InChI is InChI=1S/C19H16N2O2/c1-14-17(15-8-4-2-5-9-15)13-21(20-12-18(14)22)19(23)16-10-6-3-7-11-16/h2-12H,13H2,1H3. The Bertz CT molecular complexity index is 793. The van der Waals surface area contributed by atoms with Crippen molar-refractivity contribution in [1.82, 2.24) is 5.01 Å². The van der Waals surface area contributed by atoms with Gasteiger partial charge in [0.15, 0.2) is 0 Å². The van der Waals surface area contributed by atoms with Crippen LogP contribution in [0.2, 0.25) is 0 Å². The average Bonchev–Trinajstić information content (AvgIpc) is 2.76. The molecular weight excluding hydrogens is 288 g/mol. The summed E-state index contributed by atoms with van der Waals surface area (Å²) in [6.07, 6.45) is 1.21. The molecule has 114 valence electrons. The molecule has 2 aromatic rings. The summed E-state index contributed by atoms with van der Waals surface area (Å²) in [5.41, 5.74) is 2.90. The highest BCUT2D eigenvalue weighted by Crippen LogP contribution is 2.23. The Balaban J connectivity index is 1.98. The number of rotatable bonds is 2. The number of hydrazone groups is 1. The maximum Gasteiger partial charge on any atom is 0.274 e. The van der Waals surface area contributed by atoms with Crippen LogP contribution in [-0.4, -0.2) is 29.5 Å². The van der Waals surface area contributed by atoms with Crippen molar-refractivity contribution in [2.75, 3.05) is 6.54 Å². The number of allylic oxidation sites excluding steroid dienone is 1. The normalized spacial score (nSPS) is 14.8. The lowest BCUT2D eigenvalue weighted by molar-refractivity contribution is -0.109. The summed E-state index contributed by atoms with van der Waals surface area (Å²) in [5, 5.41) is 5.41. The van der Waals surface area contributed by atoms with Gasteiger partial charge in [0.1, 0.15) is 0 Å². The van der Waals surface area contributed by atoms with Crippen LogP contribution in [0.1, 0.15) is 22.8 Å². The van der Waals surface area contributed by atoms with Gasteiger partial charge in [-0.15, -0.1) is 0 Å². The quantitative estimate of drug-likeness (QED) is 0.855. The van der Waals surface area contributed by atoms with Crippen LogP contribution in [0.5, 0.6) is 0 Å². The molecule has 0 fully saturated rings.